The van der Waals surface area contributed by atoms with Gasteiger partial charge in [0.2, 0.25) is 10.0 Å². The van der Waals surface area contributed by atoms with Crippen molar-refractivity contribution in [2.75, 3.05) is 25.5 Å². The molecule has 0 fully saturated rings. The van der Waals surface area contributed by atoms with E-state index in [4.69, 9.17) is 4.74 Å². The molecule has 0 saturated heterocycles. The zero-order valence-corrected chi connectivity index (χ0v) is 17.7. The second-order valence-corrected chi connectivity index (χ2v) is 8.27. The maximum atomic E-state index is 13.9. The lowest BCUT2D eigenvalue weighted by Crippen LogP contribution is -2.32. The molecule has 2 N–H and O–H groups in total. The first-order chi connectivity index (χ1) is 13.7. The summed E-state index contributed by atoms with van der Waals surface area (Å²) in [5.41, 5.74) is 0.903. The summed E-state index contributed by atoms with van der Waals surface area (Å²) in [6.07, 6.45) is 0. The largest absolute Gasteiger partial charge is 0.494 e. The standard InChI is InChI=1S/C20H26FN3O4S/c1-5-24(6-2)29(26,27)17-9-7-8-16(13-17)23-20(25)22-14(3)15-10-11-19(28-4)18(21)12-15/h7-14H,5-6H2,1-4H3,(H2,22,23,25). The summed E-state index contributed by atoms with van der Waals surface area (Å²) in [6.45, 7) is 5.95. The molecule has 0 heterocycles. The summed E-state index contributed by atoms with van der Waals surface area (Å²) >= 11 is 0. The molecule has 2 rings (SSSR count). The first-order valence-corrected chi connectivity index (χ1v) is 10.7. The van der Waals surface area contributed by atoms with Crippen molar-refractivity contribution in [2.45, 2.75) is 31.7 Å². The van der Waals surface area contributed by atoms with E-state index in [0.29, 0.717) is 24.3 Å². The van der Waals surface area contributed by atoms with Crippen LogP contribution in [0.4, 0.5) is 14.9 Å². The quantitative estimate of drug-likeness (QED) is 0.677. The molecule has 7 nitrogen and oxygen atoms in total. The first-order valence-electron chi connectivity index (χ1n) is 9.24. The Bertz CT molecular complexity index is 962. The molecule has 9 heteroatoms. The summed E-state index contributed by atoms with van der Waals surface area (Å²) in [6, 6.07) is 9.48. The molecule has 0 aliphatic rings. The Morgan fingerprint density at radius 1 is 1.17 bits per heavy atom. The fraction of sp³-hybridized carbons (Fsp3) is 0.350. The van der Waals surface area contributed by atoms with E-state index in [9.17, 15) is 17.6 Å². The van der Waals surface area contributed by atoms with Crippen LogP contribution in [0.15, 0.2) is 47.4 Å². The van der Waals surface area contributed by atoms with E-state index < -0.39 is 27.9 Å². The van der Waals surface area contributed by atoms with Gasteiger partial charge in [0.25, 0.3) is 0 Å². The zero-order valence-electron chi connectivity index (χ0n) is 16.9. The molecule has 2 aromatic carbocycles. The minimum Gasteiger partial charge on any atom is -0.494 e. The Labute approximate surface area is 170 Å². The number of urea groups is 1. The molecule has 0 spiro atoms. The Balaban J connectivity index is 2.10. The number of nitrogens with one attached hydrogen (secondary N) is 2. The molecule has 0 radical (unpaired) electrons. The molecule has 158 valence electrons. The van der Waals surface area contributed by atoms with Gasteiger partial charge in [-0.25, -0.2) is 17.6 Å². The average Bonchev–Trinajstić information content (AvgIpc) is 2.68. The van der Waals surface area contributed by atoms with Gasteiger partial charge in [-0.05, 0) is 42.8 Å². The van der Waals surface area contributed by atoms with E-state index in [1.165, 1.54) is 35.7 Å². The van der Waals surface area contributed by atoms with Crippen LogP contribution < -0.4 is 15.4 Å². The molecule has 2 amide bonds. The van der Waals surface area contributed by atoms with Crippen molar-refractivity contribution in [2.24, 2.45) is 0 Å². The van der Waals surface area contributed by atoms with Gasteiger partial charge in [-0.1, -0.05) is 26.0 Å². The molecule has 0 bridgehead atoms. The predicted octanol–water partition coefficient (Wildman–Crippen LogP) is 3.75. The summed E-state index contributed by atoms with van der Waals surface area (Å²) in [4.78, 5) is 12.4. The molecule has 0 aliphatic carbocycles. The van der Waals surface area contributed by atoms with Crippen molar-refractivity contribution in [3.8, 4) is 5.75 Å². The number of sulfonamides is 1. The molecular formula is C20H26FN3O4S. The highest BCUT2D eigenvalue weighted by Gasteiger charge is 2.22. The van der Waals surface area contributed by atoms with Gasteiger partial charge in [0.05, 0.1) is 18.0 Å². The van der Waals surface area contributed by atoms with Crippen LogP contribution in [-0.4, -0.2) is 39.0 Å². The number of hydrogen-bond donors (Lipinski definition) is 2. The Kier molecular flexibility index (Phi) is 7.58. The third kappa shape index (κ3) is 5.45. The molecule has 1 unspecified atom stereocenters. The van der Waals surface area contributed by atoms with Crippen LogP contribution in [0, 0.1) is 5.82 Å². The molecular weight excluding hydrogens is 397 g/mol. The highest BCUT2D eigenvalue weighted by atomic mass is 32.2. The van der Waals surface area contributed by atoms with Crippen LogP contribution in [0.2, 0.25) is 0 Å². The van der Waals surface area contributed by atoms with Crippen molar-refractivity contribution in [1.29, 1.82) is 0 Å². The van der Waals surface area contributed by atoms with Crippen molar-refractivity contribution in [1.82, 2.24) is 9.62 Å². The van der Waals surface area contributed by atoms with Crippen LogP contribution >= 0.6 is 0 Å². The number of nitrogens with zero attached hydrogens (tertiary/aromatic N) is 1. The molecule has 1 atom stereocenters. The van der Waals surface area contributed by atoms with Crippen LogP contribution in [0.1, 0.15) is 32.4 Å². The maximum Gasteiger partial charge on any atom is 0.319 e. The number of carbonyl (C=O) groups excluding carboxylic acids is 1. The number of anilines is 1. The third-order valence-corrected chi connectivity index (χ3v) is 6.50. The van der Waals surface area contributed by atoms with Gasteiger partial charge in [-0.15, -0.1) is 0 Å². The second kappa shape index (κ2) is 9.71. The number of rotatable bonds is 8. The number of benzene rings is 2. The van der Waals surface area contributed by atoms with Crippen molar-refractivity contribution >= 4 is 21.7 Å². The van der Waals surface area contributed by atoms with Crippen molar-refractivity contribution < 1.29 is 22.3 Å². The summed E-state index contributed by atoms with van der Waals surface area (Å²) < 4.78 is 45.3. The Hall–Kier alpha value is -2.65. The number of halogens is 1. The van der Waals surface area contributed by atoms with Gasteiger partial charge < -0.3 is 15.4 Å². The van der Waals surface area contributed by atoms with Gasteiger partial charge in [0.15, 0.2) is 11.6 Å². The van der Waals surface area contributed by atoms with Gasteiger partial charge in [-0.3, -0.25) is 0 Å². The normalized spacial score (nSPS) is 12.5. The van der Waals surface area contributed by atoms with Crippen molar-refractivity contribution in [3.63, 3.8) is 0 Å². The van der Waals surface area contributed by atoms with E-state index in [1.807, 2.05) is 0 Å². The number of ether oxygens (including phenoxy) is 1. The number of methoxy groups -OCH3 is 1. The van der Waals surface area contributed by atoms with Crippen LogP contribution in [0.3, 0.4) is 0 Å². The predicted molar refractivity (Wildman–Crippen MR) is 110 cm³/mol. The summed E-state index contributed by atoms with van der Waals surface area (Å²) in [5.74, 6) is -0.398. The minimum absolute atomic E-state index is 0.101. The number of hydrogen-bond acceptors (Lipinski definition) is 4. The van der Waals surface area contributed by atoms with Gasteiger partial charge in [0.1, 0.15) is 0 Å². The lowest BCUT2D eigenvalue weighted by Gasteiger charge is -2.19. The van der Waals surface area contributed by atoms with Crippen LogP contribution in [-0.2, 0) is 10.0 Å². The molecule has 0 saturated carbocycles. The Morgan fingerprint density at radius 2 is 1.86 bits per heavy atom. The lowest BCUT2D eigenvalue weighted by molar-refractivity contribution is 0.249. The zero-order chi connectivity index (χ0) is 21.6. The second-order valence-electron chi connectivity index (χ2n) is 6.33. The van der Waals surface area contributed by atoms with Gasteiger partial charge >= 0.3 is 6.03 Å². The van der Waals surface area contributed by atoms with Crippen molar-refractivity contribution in [3.05, 3.63) is 53.8 Å². The minimum atomic E-state index is -3.63. The van der Waals surface area contributed by atoms with E-state index in [-0.39, 0.29) is 10.6 Å². The van der Waals surface area contributed by atoms with E-state index >= 15 is 0 Å². The number of carbonyl (C=O) groups is 1. The summed E-state index contributed by atoms with van der Waals surface area (Å²) in [5, 5.41) is 5.31. The third-order valence-electron chi connectivity index (χ3n) is 4.46. The fourth-order valence-corrected chi connectivity index (χ4v) is 4.35. The van der Waals surface area contributed by atoms with E-state index in [1.54, 1.807) is 39.0 Å². The SMILES string of the molecule is CCN(CC)S(=O)(=O)c1cccc(NC(=O)NC(C)c2ccc(OC)c(F)c2)c1. The van der Waals surface area contributed by atoms with Gasteiger partial charge in [0, 0.05) is 18.8 Å². The first kappa shape index (κ1) is 22.6. The van der Waals surface area contributed by atoms with E-state index in [2.05, 4.69) is 10.6 Å². The molecule has 29 heavy (non-hydrogen) atoms. The average molecular weight is 424 g/mol. The maximum absolute atomic E-state index is 13.9. The highest BCUT2D eigenvalue weighted by Crippen LogP contribution is 2.22. The molecule has 2 aromatic rings. The number of amides is 2. The van der Waals surface area contributed by atoms with E-state index in [0.717, 1.165) is 0 Å². The Morgan fingerprint density at radius 3 is 2.45 bits per heavy atom. The lowest BCUT2D eigenvalue weighted by atomic mass is 10.1. The monoisotopic (exact) mass is 423 g/mol. The smallest absolute Gasteiger partial charge is 0.319 e. The highest BCUT2D eigenvalue weighted by molar-refractivity contribution is 7.89. The van der Waals surface area contributed by atoms with Crippen LogP contribution in [0.25, 0.3) is 0 Å². The summed E-state index contributed by atoms with van der Waals surface area (Å²) in [7, 11) is -2.25. The molecule has 0 aliphatic heterocycles. The topological polar surface area (TPSA) is 87.7 Å². The fourth-order valence-electron chi connectivity index (χ4n) is 2.85. The van der Waals surface area contributed by atoms with Crippen LogP contribution in [0.5, 0.6) is 5.75 Å². The molecule has 0 aromatic heterocycles. The van der Waals surface area contributed by atoms with Gasteiger partial charge in [-0.2, -0.15) is 4.31 Å².